The predicted molar refractivity (Wildman–Crippen MR) is 60.3 cm³/mol. The minimum atomic E-state index is -0.877. The summed E-state index contributed by atoms with van der Waals surface area (Å²) in [5.74, 6) is -1.43. The second kappa shape index (κ2) is 5.06. The van der Waals surface area contributed by atoms with Gasteiger partial charge in [-0.25, -0.2) is 4.39 Å². The highest BCUT2D eigenvalue weighted by molar-refractivity contribution is 5.76. The van der Waals surface area contributed by atoms with Crippen LogP contribution in [-0.2, 0) is 4.79 Å². The zero-order chi connectivity index (χ0) is 13.0. The van der Waals surface area contributed by atoms with E-state index in [1.54, 1.807) is 0 Å². The molecule has 0 bridgehead atoms. The van der Waals surface area contributed by atoms with Crippen LogP contribution in [0.4, 0.5) is 15.8 Å². The first-order valence-electron chi connectivity index (χ1n) is 4.60. The van der Waals surface area contributed by atoms with E-state index in [9.17, 15) is 19.3 Å². The Labute approximate surface area is 95.9 Å². The molecular formula is C10H10FN3O3. The summed E-state index contributed by atoms with van der Waals surface area (Å²) in [4.78, 5) is 20.2. The molecule has 0 radical (unpaired) electrons. The van der Waals surface area contributed by atoms with E-state index in [0.29, 0.717) is 0 Å². The van der Waals surface area contributed by atoms with Gasteiger partial charge in [0.25, 0.3) is 5.69 Å². The number of nitrogens with two attached hydrogens (primary N) is 2. The topological polar surface area (TPSA) is 112 Å². The number of primary amides is 1. The molecule has 7 heteroatoms. The van der Waals surface area contributed by atoms with Crippen LogP contribution in [0.3, 0.4) is 0 Å². The molecule has 0 aliphatic heterocycles. The monoisotopic (exact) mass is 239 g/mol. The molecule has 1 aromatic carbocycles. The number of hydrogen-bond donors (Lipinski definition) is 2. The Balaban J connectivity index is 3.06. The predicted octanol–water partition coefficient (Wildman–Crippen LogP) is 1.20. The summed E-state index contributed by atoms with van der Waals surface area (Å²) in [5, 5.41) is 10.6. The minimum absolute atomic E-state index is 0.0280. The van der Waals surface area contributed by atoms with Gasteiger partial charge in [0, 0.05) is 12.5 Å². The van der Waals surface area contributed by atoms with Crippen molar-refractivity contribution in [3.63, 3.8) is 0 Å². The van der Waals surface area contributed by atoms with Crippen molar-refractivity contribution in [1.29, 1.82) is 0 Å². The van der Waals surface area contributed by atoms with E-state index in [2.05, 4.69) is 0 Å². The number of carbonyl (C=O) groups excluding carboxylic acids is 1. The summed E-state index contributed by atoms with van der Waals surface area (Å²) in [6, 6.07) is 2.16. The zero-order valence-electron chi connectivity index (χ0n) is 8.72. The molecule has 6 nitrogen and oxygen atoms in total. The highest BCUT2D eigenvalue weighted by Gasteiger charge is 2.16. The number of carbonyl (C=O) groups is 1. The average Bonchev–Trinajstić information content (AvgIpc) is 2.22. The lowest BCUT2D eigenvalue weighted by molar-refractivity contribution is -0.384. The quantitative estimate of drug-likeness (QED) is 0.467. The van der Waals surface area contributed by atoms with Gasteiger partial charge in [-0.1, -0.05) is 12.2 Å². The number of halogens is 1. The largest absolute Gasteiger partial charge is 0.391 e. The van der Waals surface area contributed by atoms with Crippen LogP contribution in [0.5, 0.6) is 0 Å². The minimum Gasteiger partial charge on any atom is -0.391 e. The fraction of sp³-hybridized carbons (Fsp3) is 0.100. The molecule has 4 N–H and O–H groups in total. The highest BCUT2D eigenvalue weighted by atomic mass is 19.1. The van der Waals surface area contributed by atoms with E-state index in [0.717, 1.165) is 12.1 Å². The average molecular weight is 239 g/mol. The van der Waals surface area contributed by atoms with Gasteiger partial charge in [0.1, 0.15) is 5.69 Å². The third-order valence-electron chi connectivity index (χ3n) is 1.96. The zero-order valence-corrected chi connectivity index (χ0v) is 8.72. The summed E-state index contributed by atoms with van der Waals surface area (Å²) in [7, 11) is 0. The number of nitrogens with zero attached hydrogens (tertiary/aromatic N) is 1. The Hall–Kier alpha value is -2.44. The van der Waals surface area contributed by atoms with Crippen molar-refractivity contribution >= 4 is 23.4 Å². The fourth-order valence-electron chi connectivity index (χ4n) is 1.18. The van der Waals surface area contributed by atoms with Crippen LogP contribution in [0.25, 0.3) is 6.08 Å². The molecular weight excluding hydrogens is 229 g/mol. The van der Waals surface area contributed by atoms with Gasteiger partial charge in [0.05, 0.1) is 4.92 Å². The van der Waals surface area contributed by atoms with Crippen LogP contribution in [0.15, 0.2) is 18.2 Å². The van der Waals surface area contributed by atoms with Crippen molar-refractivity contribution in [3.05, 3.63) is 39.7 Å². The molecule has 0 aliphatic carbocycles. The number of rotatable bonds is 4. The van der Waals surface area contributed by atoms with Crippen molar-refractivity contribution in [2.24, 2.45) is 5.73 Å². The van der Waals surface area contributed by atoms with Gasteiger partial charge < -0.3 is 11.5 Å². The molecule has 0 saturated carbocycles. The van der Waals surface area contributed by atoms with E-state index < -0.39 is 28.0 Å². The number of nitro groups is 1. The lowest BCUT2D eigenvalue weighted by Gasteiger charge is -2.00. The normalized spacial score (nSPS) is 10.6. The van der Waals surface area contributed by atoms with E-state index in [1.807, 2.05) is 0 Å². The maximum Gasteiger partial charge on any atom is 0.295 e. The molecule has 0 saturated heterocycles. The molecule has 0 atom stereocenters. The molecule has 1 aromatic rings. The Kier molecular flexibility index (Phi) is 3.76. The third kappa shape index (κ3) is 3.26. The van der Waals surface area contributed by atoms with Gasteiger partial charge in [-0.05, 0) is 11.6 Å². The summed E-state index contributed by atoms with van der Waals surface area (Å²) >= 11 is 0. The molecule has 0 fully saturated rings. The Morgan fingerprint density at radius 3 is 2.71 bits per heavy atom. The van der Waals surface area contributed by atoms with Gasteiger partial charge in [0.15, 0.2) is 5.82 Å². The lowest BCUT2D eigenvalue weighted by atomic mass is 10.1. The first-order chi connectivity index (χ1) is 7.91. The summed E-state index contributed by atoms with van der Waals surface area (Å²) in [6.07, 6.45) is 2.72. The number of nitro benzene ring substituents is 1. The number of hydrogen-bond acceptors (Lipinski definition) is 4. The van der Waals surface area contributed by atoms with Crippen molar-refractivity contribution in [3.8, 4) is 0 Å². The van der Waals surface area contributed by atoms with E-state index in [1.165, 1.54) is 12.2 Å². The maximum absolute atomic E-state index is 13.2. The van der Waals surface area contributed by atoms with Crippen LogP contribution in [0.2, 0.25) is 0 Å². The van der Waals surface area contributed by atoms with Gasteiger partial charge in [-0.2, -0.15) is 0 Å². The fourth-order valence-corrected chi connectivity index (χ4v) is 1.18. The van der Waals surface area contributed by atoms with Crippen molar-refractivity contribution in [1.82, 2.24) is 0 Å². The summed E-state index contributed by atoms with van der Waals surface area (Å²) in [5.41, 5.74) is 9.33. The van der Waals surface area contributed by atoms with E-state index in [-0.39, 0.29) is 12.0 Å². The SMILES string of the molecule is NC(=O)CC=Cc1cc(F)c(N)c([N+](=O)[O-])c1. The molecule has 0 unspecified atom stereocenters. The van der Waals surface area contributed by atoms with Gasteiger partial charge in [-0.15, -0.1) is 0 Å². The first kappa shape index (κ1) is 12.6. The highest BCUT2D eigenvalue weighted by Crippen LogP contribution is 2.26. The second-order valence-corrected chi connectivity index (χ2v) is 3.27. The first-order valence-corrected chi connectivity index (χ1v) is 4.60. The standard InChI is InChI=1S/C10H10FN3O3/c11-7-4-6(2-1-3-9(12)15)5-8(10(7)13)14(16)17/h1-2,4-5H,3,13H2,(H2,12,15). The number of nitrogen functional groups attached to an aromatic ring is 1. The van der Waals surface area contributed by atoms with E-state index in [4.69, 9.17) is 11.5 Å². The summed E-state index contributed by atoms with van der Waals surface area (Å²) in [6.45, 7) is 0. The van der Waals surface area contributed by atoms with Crippen LogP contribution >= 0.6 is 0 Å². The van der Waals surface area contributed by atoms with Gasteiger partial charge in [0.2, 0.25) is 5.91 Å². The molecule has 0 spiro atoms. The molecule has 1 amide bonds. The second-order valence-electron chi connectivity index (χ2n) is 3.27. The summed E-state index contributed by atoms with van der Waals surface area (Å²) < 4.78 is 13.2. The van der Waals surface area contributed by atoms with Crippen molar-refractivity contribution in [2.45, 2.75) is 6.42 Å². The molecule has 1 rings (SSSR count). The van der Waals surface area contributed by atoms with Crippen molar-refractivity contribution < 1.29 is 14.1 Å². The van der Waals surface area contributed by atoms with Crippen LogP contribution < -0.4 is 11.5 Å². The van der Waals surface area contributed by atoms with Crippen molar-refractivity contribution in [2.75, 3.05) is 5.73 Å². The van der Waals surface area contributed by atoms with Crippen LogP contribution in [0.1, 0.15) is 12.0 Å². The molecule has 0 aliphatic rings. The van der Waals surface area contributed by atoms with Crippen LogP contribution in [-0.4, -0.2) is 10.8 Å². The van der Waals surface area contributed by atoms with E-state index >= 15 is 0 Å². The number of amides is 1. The van der Waals surface area contributed by atoms with Gasteiger partial charge >= 0.3 is 0 Å². The molecule has 0 heterocycles. The smallest absolute Gasteiger partial charge is 0.295 e. The maximum atomic E-state index is 13.2. The van der Waals surface area contributed by atoms with Crippen LogP contribution in [0, 0.1) is 15.9 Å². The third-order valence-corrected chi connectivity index (χ3v) is 1.96. The molecule has 90 valence electrons. The van der Waals surface area contributed by atoms with Gasteiger partial charge in [-0.3, -0.25) is 14.9 Å². The Bertz CT molecular complexity index is 500. The lowest BCUT2D eigenvalue weighted by Crippen LogP contribution is -2.07. The molecule has 17 heavy (non-hydrogen) atoms. The number of benzene rings is 1. The molecule has 0 aromatic heterocycles. The Morgan fingerprint density at radius 2 is 2.18 bits per heavy atom. The Morgan fingerprint density at radius 1 is 1.53 bits per heavy atom. The number of anilines is 1.